The number of aliphatic hydroxyl groups is 1. The lowest BCUT2D eigenvalue weighted by Gasteiger charge is -2.30. The van der Waals surface area contributed by atoms with E-state index in [0.717, 1.165) is 6.92 Å². The summed E-state index contributed by atoms with van der Waals surface area (Å²) < 4.78 is 38.3. The van der Waals surface area contributed by atoms with E-state index in [4.69, 9.17) is 10.4 Å². The second-order valence-corrected chi connectivity index (χ2v) is 4.02. The van der Waals surface area contributed by atoms with Gasteiger partial charge in [-0.15, -0.1) is 0 Å². The van der Waals surface area contributed by atoms with Crippen LogP contribution in [0.15, 0.2) is 30.3 Å². The zero-order valence-electron chi connectivity index (χ0n) is 9.70. The fraction of sp³-hybridized carbons (Fsp3) is 0.417. The highest BCUT2D eigenvalue weighted by Crippen LogP contribution is 2.31. The third-order valence-electron chi connectivity index (χ3n) is 2.64. The van der Waals surface area contributed by atoms with Crippen molar-refractivity contribution in [2.24, 2.45) is 0 Å². The maximum atomic E-state index is 12.8. The molecule has 0 radical (unpaired) electrons. The van der Waals surface area contributed by atoms with Crippen molar-refractivity contribution in [1.82, 2.24) is 5.32 Å². The standard InChI is InChI=1S/C12H13F3N2O/c1-11(8-16,12(13,14)15)17-10(7-18)9-5-3-2-4-6-9/h2-6,10,17-18H,7H2,1H3/t10-,11?/m0/s1. The minimum atomic E-state index is -4.72. The number of benzene rings is 1. The Morgan fingerprint density at radius 1 is 1.33 bits per heavy atom. The number of hydrogen-bond acceptors (Lipinski definition) is 3. The molecule has 0 amide bonds. The van der Waals surface area contributed by atoms with Gasteiger partial charge in [0.1, 0.15) is 0 Å². The Bertz CT molecular complexity index is 427. The number of hydrogen-bond donors (Lipinski definition) is 2. The Labute approximate surface area is 103 Å². The smallest absolute Gasteiger partial charge is 0.394 e. The SMILES string of the molecule is CC(C#N)(N[C@@H](CO)c1ccccc1)C(F)(F)F. The molecule has 1 unspecified atom stereocenters. The normalized spacial score (nSPS) is 16.7. The highest BCUT2D eigenvalue weighted by atomic mass is 19.4. The lowest BCUT2D eigenvalue weighted by atomic mass is 9.99. The van der Waals surface area contributed by atoms with Gasteiger partial charge in [0, 0.05) is 0 Å². The molecule has 0 aliphatic carbocycles. The van der Waals surface area contributed by atoms with Crippen molar-refractivity contribution in [3.05, 3.63) is 35.9 Å². The van der Waals surface area contributed by atoms with E-state index in [9.17, 15) is 13.2 Å². The summed E-state index contributed by atoms with van der Waals surface area (Å²) in [6.07, 6.45) is -4.72. The van der Waals surface area contributed by atoms with E-state index in [-0.39, 0.29) is 0 Å². The first-order valence-electron chi connectivity index (χ1n) is 5.25. The fourth-order valence-electron chi connectivity index (χ4n) is 1.45. The van der Waals surface area contributed by atoms with E-state index in [1.54, 1.807) is 30.3 Å². The van der Waals surface area contributed by atoms with Crippen LogP contribution in [0.1, 0.15) is 18.5 Å². The third-order valence-corrected chi connectivity index (χ3v) is 2.64. The van der Waals surface area contributed by atoms with Crippen LogP contribution >= 0.6 is 0 Å². The molecule has 6 heteroatoms. The van der Waals surface area contributed by atoms with Gasteiger partial charge < -0.3 is 5.11 Å². The molecule has 2 atom stereocenters. The molecule has 0 saturated heterocycles. The van der Waals surface area contributed by atoms with E-state index < -0.39 is 24.4 Å². The molecular weight excluding hydrogens is 245 g/mol. The van der Waals surface area contributed by atoms with Crippen LogP contribution in [-0.4, -0.2) is 23.4 Å². The molecule has 1 aromatic carbocycles. The average Bonchev–Trinajstić information content (AvgIpc) is 2.35. The van der Waals surface area contributed by atoms with Gasteiger partial charge in [-0.2, -0.15) is 18.4 Å². The van der Waals surface area contributed by atoms with Crippen LogP contribution in [0.25, 0.3) is 0 Å². The Morgan fingerprint density at radius 2 is 1.89 bits per heavy atom. The molecule has 18 heavy (non-hydrogen) atoms. The van der Waals surface area contributed by atoms with Gasteiger partial charge in [-0.3, -0.25) is 5.32 Å². The number of nitrogens with zero attached hydrogens (tertiary/aromatic N) is 1. The second-order valence-electron chi connectivity index (χ2n) is 4.02. The summed E-state index contributed by atoms with van der Waals surface area (Å²) in [6, 6.07) is 8.44. The van der Waals surface area contributed by atoms with Crippen molar-refractivity contribution < 1.29 is 18.3 Å². The molecule has 98 valence electrons. The number of alkyl halides is 3. The van der Waals surface area contributed by atoms with E-state index in [2.05, 4.69) is 5.32 Å². The molecule has 1 rings (SSSR count). The predicted molar refractivity (Wildman–Crippen MR) is 59.5 cm³/mol. The first kappa shape index (κ1) is 14.5. The molecule has 1 aromatic rings. The summed E-state index contributed by atoms with van der Waals surface area (Å²) in [6.45, 7) is 0.218. The zero-order chi connectivity index (χ0) is 13.8. The number of rotatable bonds is 4. The summed E-state index contributed by atoms with van der Waals surface area (Å²) in [4.78, 5) is 0. The summed E-state index contributed by atoms with van der Waals surface area (Å²) in [5.74, 6) is 0. The van der Waals surface area contributed by atoms with E-state index in [1.165, 1.54) is 6.07 Å². The lowest BCUT2D eigenvalue weighted by molar-refractivity contribution is -0.177. The minimum absolute atomic E-state index is 0.491. The fourth-order valence-corrected chi connectivity index (χ4v) is 1.45. The maximum Gasteiger partial charge on any atom is 0.419 e. The summed E-state index contributed by atoms with van der Waals surface area (Å²) in [5, 5.41) is 20.0. The summed E-state index contributed by atoms with van der Waals surface area (Å²) >= 11 is 0. The third kappa shape index (κ3) is 3.00. The van der Waals surface area contributed by atoms with Gasteiger partial charge in [-0.05, 0) is 12.5 Å². The van der Waals surface area contributed by atoms with Crippen LogP contribution in [0.3, 0.4) is 0 Å². The van der Waals surface area contributed by atoms with Gasteiger partial charge in [-0.1, -0.05) is 30.3 Å². The average molecular weight is 258 g/mol. The van der Waals surface area contributed by atoms with Gasteiger partial charge >= 0.3 is 6.18 Å². The van der Waals surface area contributed by atoms with Crippen LogP contribution in [0, 0.1) is 11.3 Å². The van der Waals surface area contributed by atoms with E-state index >= 15 is 0 Å². The van der Waals surface area contributed by atoms with Gasteiger partial charge in [0.2, 0.25) is 5.54 Å². The van der Waals surface area contributed by atoms with Crippen molar-refractivity contribution >= 4 is 0 Å². The van der Waals surface area contributed by atoms with Crippen LogP contribution < -0.4 is 5.32 Å². The quantitative estimate of drug-likeness (QED) is 0.870. The van der Waals surface area contributed by atoms with Crippen LogP contribution in [0.2, 0.25) is 0 Å². The molecular formula is C12H13F3N2O. The highest BCUT2D eigenvalue weighted by Gasteiger charge is 2.52. The van der Waals surface area contributed by atoms with Crippen molar-refractivity contribution in [3.8, 4) is 6.07 Å². The Balaban J connectivity index is 2.97. The number of aliphatic hydroxyl groups excluding tert-OH is 1. The van der Waals surface area contributed by atoms with Crippen LogP contribution in [0.5, 0.6) is 0 Å². The minimum Gasteiger partial charge on any atom is -0.394 e. The molecule has 0 aliphatic rings. The van der Waals surface area contributed by atoms with Gasteiger partial charge in [0.05, 0.1) is 18.7 Å². The highest BCUT2D eigenvalue weighted by molar-refractivity contribution is 5.21. The molecule has 0 heterocycles. The molecule has 0 bridgehead atoms. The predicted octanol–water partition coefficient (Wildman–Crippen LogP) is 2.15. The van der Waals surface area contributed by atoms with Gasteiger partial charge in [0.15, 0.2) is 0 Å². The molecule has 2 N–H and O–H groups in total. The molecule has 0 fully saturated rings. The summed E-state index contributed by atoms with van der Waals surface area (Å²) in [5.41, 5.74) is -2.21. The molecule has 3 nitrogen and oxygen atoms in total. The molecule has 0 aromatic heterocycles. The van der Waals surface area contributed by atoms with Crippen LogP contribution in [-0.2, 0) is 0 Å². The first-order chi connectivity index (χ1) is 8.34. The Hall–Kier alpha value is -1.58. The van der Waals surface area contributed by atoms with Crippen molar-refractivity contribution in [1.29, 1.82) is 5.26 Å². The zero-order valence-corrected chi connectivity index (χ0v) is 9.70. The molecule has 0 saturated carbocycles. The Kier molecular flexibility index (Phi) is 4.33. The van der Waals surface area contributed by atoms with Crippen molar-refractivity contribution in [2.75, 3.05) is 6.61 Å². The van der Waals surface area contributed by atoms with Gasteiger partial charge in [0.25, 0.3) is 0 Å². The first-order valence-corrected chi connectivity index (χ1v) is 5.25. The van der Waals surface area contributed by atoms with Gasteiger partial charge in [-0.25, -0.2) is 0 Å². The maximum absolute atomic E-state index is 12.8. The topological polar surface area (TPSA) is 56.0 Å². The number of halogens is 3. The van der Waals surface area contributed by atoms with Crippen molar-refractivity contribution in [2.45, 2.75) is 24.7 Å². The summed E-state index contributed by atoms with van der Waals surface area (Å²) in [7, 11) is 0. The van der Waals surface area contributed by atoms with E-state index in [1.807, 2.05) is 0 Å². The lowest BCUT2D eigenvalue weighted by Crippen LogP contribution is -2.55. The van der Waals surface area contributed by atoms with E-state index in [0.29, 0.717) is 5.56 Å². The molecule has 0 spiro atoms. The monoisotopic (exact) mass is 258 g/mol. The van der Waals surface area contributed by atoms with Crippen molar-refractivity contribution in [3.63, 3.8) is 0 Å². The number of nitrogens with one attached hydrogen (secondary N) is 1. The largest absolute Gasteiger partial charge is 0.419 e. The Morgan fingerprint density at radius 3 is 2.28 bits per heavy atom. The van der Waals surface area contributed by atoms with Crippen LogP contribution in [0.4, 0.5) is 13.2 Å². The molecule has 0 aliphatic heterocycles. The second kappa shape index (κ2) is 5.38. The number of nitriles is 1.